The van der Waals surface area contributed by atoms with Crippen LogP contribution in [0.25, 0.3) is 10.9 Å². The molecule has 0 radical (unpaired) electrons. The summed E-state index contributed by atoms with van der Waals surface area (Å²) in [4.78, 5) is 24.8. The number of aliphatic imine (C=N–C) groups is 1. The number of guanidine groups is 1. The molecule has 2 aliphatic rings. The Hall–Kier alpha value is -2.54. The van der Waals surface area contributed by atoms with E-state index in [0.29, 0.717) is 19.1 Å². The molecule has 7 nitrogen and oxygen atoms in total. The molecule has 1 aromatic heterocycles. The van der Waals surface area contributed by atoms with Crippen molar-refractivity contribution in [3.8, 4) is 0 Å². The van der Waals surface area contributed by atoms with Crippen LogP contribution in [-0.2, 0) is 16.0 Å². The Morgan fingerprint density at radius 3 is 2.70 bits per heavy atom. The molecule has 0 saturated carbocycles. The van der Waals surface area contributed by atoms with Crippen molar-refractivity contribution in [2.24, 2.45) is 10.9 Å². The van der Waals surface area contributed by atoms with Crippen molar-refractivity contribution < 1.29 is 9.53 Å². The topological polar surface area (TPSA) is 73.0 Å². The predicted molar refractivity (Wildman–Crippen MR) is 120 cm³/mol. The van der Waals surface area contributed by atoms with E-state index in [1.807, 2.05) is 11.9 Å². The van der Waals surface area contributed by atoms with Crippen molar-refractivity contribution in [1.29, 1.82) is 0 Å². The second-order valence-electron chi connectivity index (χ2n) is 8.14. The van der Waals surface area contributed by atoms with Crippen molar-refractivity contribution in [3.05, 3.63) is 36.0 Å². The number of carbonyl (C=O) groups excluding carboxylic acids is 1. The molecule has 30 heavy (non-hydrogen) atoms. The molecule has 2 N–H and O–H groups in total. The highest BCUT2D eigenvalue weighted by Crippen LogP contribution is 2.21. The molecule has 0 unspecified atom stereocenters. The fraction of sp³-hybridized carbons (Fsp3) is 0.565. The van der Waals surface area contributed by atoms with Crippen molar-refractivity contribution in [1.82, 2.24) is 20.1 Å². The van der Waals surface area contributed by atoms with Crippen LogP contribution < -0.4 is 5.32 Å². The summed E-state index contributed by atoms with van der Waals surface area (Å²) in [5.41, 5.74) is 2.57. The van der Waals surface area contributed by atoms with Crippen LogP contribution in [0.2, 0.25) is 0 Å². The maximum absolute atomic E-state index is 12.7. The first-order valence-electron chi connectivity index (χ1n) is 11.1. The third-order valence-electron chi connectivity index (χ3n) is 6.26. The van der Waals surface area contributed by atoms with E-state index in [1.165, 1.54) is 16.5 Å². The normalized spacial score (nSPS) is 18.8. The molecule has 0 bridgehead atoms. The van der Waals surface area contributed by atoms with Gasteiger partial charge in [0.2, 0.25) is 5.91 Å². The van der Waals surface area contributed by atoms with Gasteiger partial charge in [-0.3, -0.25) is 9.79 Å². The molecular formula is C23H33N5O2. The van der Waals surface area contributed by atoms with Crippen LogP contribution in [0.3, 0.4) is 0 Å². The van der Waals surface area contributed by atoms with Gasteiger partial charge in [0.15, 0.2) is 5.96 Å². The number of carbonyl (C=O) groups is 1. The summed E-state index contributed by atoms with van der Waals surface area (Å²) in [5, 5.41) is 4.82. The number of aromatic amines is 1. The largest absolute Gasteiger partial charge is 0.378 e. The molecule has 0 spiro atoms. The SMILES string of the molecule is CN=C(NCCCc1c[nH]c2ccccc12)N1CCC(C(=O)N2CCOCC2)CC1. The number of fused-ring (bicyclic) bond motifs is 1. The molecule has 4 rings (SSSR count). The van der Waals surface area contributed by atoms with Crippen molar-refractivity contribution in [2.45, 2.75) is 25.7 Å². The van der Waals surface area contributed by atoms with Gasteiger partial charge in [0.1, 0.15) is 0 Å². The van der Waals surface area contributed by atoms with E-state index in [9.17, 15) is 4.79 Å². The Morgan fingerprint density at radius 2 is 1.93 bits per heavy atom. The fourth-order valence-electron chi connectivity index (χ4n) is 4.53. The second kappa shape index (κ2) is 9.98. The van der Waals surface area contributed by atoms with E-state index in [0.717, 1.165) is 64.4 Å². The van der Waals surface area contributed by atoms with E-state index >= 15 is 0 Å². The Kier molecular flexibility index (Phi) is 6.89. The number of piperidine rings is 1. The van der Waals surface area contributed by atoms with Crippen LogP contribution in [-0.4, -0.2) is 79.6 Å². The van der Waals surface area contributed by atoms with Gasteiger partial charge in [0.05, 0.1) is 13.2 Å². The van der Waals surface area contributed by atoms with Crippen LogP contribution >= 0.6 is 0 Å². The molecular weight excluding hydrogens is 378 g/mol. The number of amides is 1. The number of likely N-dealkylation sites (tertiary alicyclic amines) is 1. The van der Waals surface area contributed by atoms with Crippen LogP contribution in [0, 0.1) is 5.92 Å². The first-order chi connectivity index (χ1) is 14.8. The second-order valence-corrected chi connectivity index (χ2v) is 8.14. The summed E-state index contributed by atoms with van der Waals surface area (Å²) in [6.07, 6.45) is 5.99. The highest BCUT2D eigenvalue weighted by Gasteiger charge is 2.30. The van der Waals surface area contributed by atoms with Gasteiger partial charge in [-0.15, -0.1) is 0 Å². The van der Waals surface area contributed by atoms with E-state index in [-0.39, 0.29) is 5.92 Å². The quantitative estimate of drug-likeness (QED) is 0.450. The first-order valence-corrected chi connectivity index (χ1v) is 11.1. The molecule has 2 saturated heterocycles. The first kappa shape index (κ1) is 20.7. The van der Waals surface area contributed by atoms with E-state index in [4.69, 9.17) is 4.74 Å². The molecule has 0 aliphatic carbocycles. The number of benzene rings is 1. The standard InChI is InChI=1S/C23H33N5O2/c1-24-23(25-10-4-5-19-17-26-21-7-3-2-6-20(19)21)28-11-8-18(9-12-28)22(29)27-13-15-30-16-14-27/h2-3,6-7,17-18,26H,4-5,8-16H2,1H3,(H,24,25). The summed E-state index contributed by atoms with van der Waals surface area (Å²) in [6, 6.07) is 8.45. The Balaban J connectivity index is 1.21. The van der Waals surface area contributed by atoms with E-state index in [1.54, 1.807) is 0 Å². The lowest BCUT2D eigenvalue weighted by Crippen LogP contribution is -2.50. The highest BCUT2D eigenvalue weighted by atomic mass is 16.5. The average molecular weight is 412 g/mol. The monoisotopic (exact) mass is 411 g/mol. The number of morpholine rings is 1. The zero-order chi connectivity index (χ0) is 20.8. The minimum Gasteiger partial charge on any atom is -0.378 e. The number of para-hydroxylation sites is 1. The summed E-state index contributed by atoms with van der Waals surface area (Å²) in [7, 11) is 1.84. The van der Waals surface area contributed by atoms with Gasteiger partial charge >= 0.3 is 0 Å². The summed E-state index contributed by atoms with van der Waals surface area (Å²) >= 11 is 0. The summed E-state index contributed by atoms with van der Waals surface area (Å²) < 4.78 is 5.36. The van der Waals surface area contributed by atoms with Gasteiger partial charge in [-0.1, -0.05) is 18.2 Å². The number of hydrogen-bond donors (Lipinski definition) is 2. The number of ether oxygens (including phenoxy) is 1. The third-order valence-corrected chi connectivity index (χ3v) is 6.26. The number of aryl methyl sites for hydroxylation is 1. The van der Waals surface area contributed by atoms with Crippen LogP contribution in [0.4, 0.5) is 0 Å². The molecule has 3 heterocycles. The maximum Gasteiger partial charge on any atom is 0.225 e. The van der Waals surface area contributed by atoms with Crippen molar-refractivity contribution >= 4 is 22.8 Å². The summed E-state index contributed by atoms with van der Waals surface area (Å²) in [5.74, 6) is 1.39. The molecule has 0 atom stereocenters. The molecule has 2 aliphatic heterocycles. The van der Waals surface area contributed by atoms with Crippen LogP contribution in [0.1, 0.15) is 24.8 Å². The highest BCUT2D eigenvalue weighted by molar-refractivity contribution is 5.83. The van der Waals surface area contributed by atoms with E-state index < -0.39 is 0 Å². The molecule has 2 fully saturated rings. The fourth-order valence-corrected chi connectivity index (χ4v) is 4.53. The number of nitrogens with zero attached hydrogens (tertiary/aromatic N) is 3. The van der Waals surface area contributed by atoms with Crippen molar-refractivity contribution in [3.63, 3.8) is 0 Å². The molecule has 7 heteroatoms. The smallest absolute Gasteiger partial charge is 0.225 e. The molecule has 162 valence electrons. The molecule has 1 aromatic carbocycles. The lowest BCUT2D eigenvalue weighted by atomic mass is 9.95. The Bertz CT molecular complexity index is 863. The van der Waals surface area contributed by atoms with Crippen LogP contribution in [0.5, 0.6) is 0 Å². The number of H-pyrrole nitrogens is 1. The minimum absolute atomic E-state index is 0.138. The predicted octanol–water partition coefficient (Wildman–Crippen LogP) is 2.25. The number of aromatic nitrogens is 1. The Morgan fingerprint density at radius 1 is 1.17 bits per heavy atom. The molecule has 2 aromatic rings. The van der Waals surface area contributed by atoms with E-state index in [2.05, 4.69) is 50.7 Å². The Labute approximate surface area is 178 Å². The van der Waals surface area contributed by atoms with Gasteiger partial charge < -0.3 is 24.8 Å². The van der Waals surface area contributed by atoms with Gasteiger partial charge in [-0.25, -0.2) is 0 Å². The number of hydrogen-bond acceptors (Lipinski definition) is 3. The summed E-state index contributed by atoms with van der Waals surface area (Å²) in [6.45, 7) is 5.45. The third kappa shape index (κ3) is 4.78. The molecule has 1 amide bonds. The van der Waals surface area contributed by atoms with Gasteiger partial charge in [0, 0.05) is 62.8 Å². The van der Waals surface area contributed by atoms with Gasteiger partial charge in [-0.05, 0) is 37.3 Å². The zero-order valence-electron chi connectivity index (χ0n) is 17.9. The number of rotatable bonds is 5. The van der Waals surface area contributed by atoms with Gasteiger partial charge in [0.25, 0.3) is 0 Å². The average Bonchev–Trinajstić information content (AvgIpc) is 3.22. The number of nitrogens with one attached hydrogen (secondary N) is 2. The lowest BCUT2D eigenvalue weighted by Gasteiger charge is -2.36. The maximum atomic E-state index is 12.7. The van der Waals surface area contributed by atoms with Gasteiger partial charge in [-0.2, -0.15) is 0 Å². The lowest BCUT2D eigenvalue weighted by molar-refractivity contribution is -0.140. The minimum atomic E-state index is 0.138. The van der Waals surface area contributed by atoms with Crippen molar-refractivity contribution in [2.75, 3.05) is 53.0 Å². The van der Waals surface area contributed by atoms with Crippen LogP contribution in [0.15, 0.2) is 35.5 Å². The zero-order valence-corrected chi connectivity index (χ0v) is 17.9.